The molecule has 0 heterocycles. The van der Waals surface area contributed by atoms with Crippen molar-refractivity contribution in [2.45, 2.75) is 51.6 Å². The van der Waals surface area contributed by atoms with Crippen molar-refractivity contribution >= 4 is 5.91 Å². The Labute approximate surface area is 115 Å². The Morgan fingerprint density at radius 3 is 2.37 bits per heavy atom. The van der Waals surface area contributed by atoms with Crippen LogP contribution in [-0.4, -0.2) is 18.5 Å². The van der Waals surface area contributed by atoms with Crippen molar-refractivity contribution in [2.24, 2.45) is 0 Å². The highest BCUT2D eigenvalue weighted by atomic mass is 16.1. The van der Waals surface area contributed by atoms with Gasteiger partial charge in [-0.25, -0.2) is 0 Å². The molecule has 0 atom stereocenters. The van der Waals surface area contributed by atoms with Gasteiger partial charge in [0.2, 0.25) is 5.91 Å². The second kappa shape index (κ2) is 5.74. The third-order valence-corrected chi connectivity index (χ3v) is 3.44. The molecule has 0 bridgehead atoms. The molecule has 3 nitrogen and oxygen atoms in total. The molecule has 1 amide bonds. The second-order valence-corrected chi connectivity index (χ2v) is 6.38. The number of carbonyl (C=O) groups excluding carboxylic acids is 1. The van der Waals surface area contributed by atoms with E-state index in [0.29, 0.717) is 19.1 Å². The van der Waals surface area contributed by atoms with Crippen LogP contribution in [0.5, 0.6) is 0 Å². The minimum atomic E-state index is 0.0757. The van der Waals surface area contributed by atoms with E-state index in [1.54, 1.807) is 0 Å². The predicted molar refractivity (Wildman–Crippen MR) is 78.0 cm³/mol. The van der Waals surface area contributed by atoms with Gasteiger partial charge in [0.15, 0.2) is 0 Å². The Kier molecular flexibility index (Phi) is 4.25. The number of carbonyl (C=O) groups is 1. The molecule has 1 aromatic rings. The summed E-state index contributed by atoms with van der Waals surface area (Å²) in [5.74, 6) is 0.0757. The molecule has 1 saturated carbocycles. The van der Waals surface area contributed by atoms with E-state index in [1.807, 2.05) is 0 Å². The van der Waals surface area contributed by atoms with Crippen LogP contribution in [0.2, 0.25) is 0 Å². The molecule has 1 fully saturated rings. The molecule has 0 unspecified atom stereocenters. The monoisotopic (exact) mass is 260 g/mol. The van der Waals surface area contributed by atoms with Gasteiger partial charge >= 0.3 is 0 Å². The molecule has 0 spiro atoms. The number of amides is 1. The summed E-state index contributed by atoms with van der Waals surface area (Å²) in [6.07, 6.45) is 2.42. The molecule has 2 rings (SSSR count). The molecule has 1 aromatic carbocycles. The molecule has 0 saturated heterocycles. The van der Waals surface area contributed by atoms with Crippen molar-refractivity contribution < 1.29 is 4.79 Å². The summed E-state index contributed by atoms with van der Waals surface area (Å²) in [4.78, 5) is 11.6. The second-order valence-electron chi connectivity index (χ2n) is 6.38. The maximum absolute atomic E-state index is 11.6. The van der Waals surface area contributed by atoms with Crippen molar-refractivity contribution in [1.82, 2.24) is 10.6 Å². The van der Waals surface area contributed by atoms with E-state index in [1.165, 1.54) is 18.4 Å². The Hall–Kier alpha value is -1.35. The van der Waals surface area contributed by atoms with Gasteiger partial charge in [-0.3, -0.25) is 4.79 Å². The molecule has 0 aromatic heterocycles. The third-order valence-electron chi connectivity index (χ3n) is 3.44. The van der Waals surface area contributed by atoms with Crippen LogP contribution < -0.4 is 10.6 Å². The smallest absolute Gasteiger partial charge is 0.234 e. The Morgan fingerprint density at radius 1 is 1.21 bits per heavy atom. The van der Waals surface area contributed by atoms with Crippen molar-refractivity contribution in [2.75, 3.05) is 6.54 Å². The maximum atomic E-state index is 11.6. The van der Waals surface area contributed by atoms with E-state index in [9.17, 15) is 4.79 Å². The lowest BCUT2D eigenvalue weighted by atomic mass is 9.87. The molecule has 1 aliphatic rings. The van der Waals surface area contributed by atoms with E-state index in [-0.39, 0.29) is 11.3 Å². The highest BCUT2D eigenvalue weighted by Crippen LogP contribution is 2.22. The van der Waals surface area contributed by atoms with Crippen LogP contribution in [0.1, 0.15) is 44.7 Å². The lowest BCUT2D eigenvalue weighted by molar-refractivity contribution is -0.120. The largest absolute Gasteiger partial charge is 0.351 e. The minimum absolute atomic E-state index is 0.0757. The molecule has 19 heavy (non-hydrogen) atoms. The van der Waals surface area contributed by atoms with Crippen molar-refractivity contribution in [3.05, 3.63) is 35.4 Å². The Morgan fingerprint density at radius 2 is 1.84 bits per heavy atom. The molecular formula is C16H24N2O. The van der Waals surface area contributed by atoms with Crippen LogP contribution in [0.3, 0.4) is 0 Å². The summed E-state index contributed by atoms with van der Waals surface area (Å²) in [5, 5.41) is 6.15. The SMILES string of the molecule is CC(C)(C)c1ccc(CNC(=O)CNC2CC2)cc1. The molecule has 104 valence electrons. The van der Waals surface area contributed by atoms with E-state index >= 15 is 0 Å². The van der Waals surface area contributed by atoms with Crippen LogP contribution in [0.25, 0.3) is 0 Å². The van der Waals surface area contributed by atoms with Crippen molar-refractivity contribution in [3.63, 3.8) is 0 Å². The van der Waals surface area contributed by atoms with Crippen LogP contribution in [0.15, 0.2) is 24.3 Å². The first-order valence-corrected chi connectivity index (χ1v) is 7.04. The Balaban J connectivity index is 1.77. The molecule has 3 heteroatoms. The first kappa shape index (κ1) is 14.1. The number of benzene rings is 1. The third kappa shape index (κ3) is 4.67. The van der Waals surface area contributed by atoms with Gasteiger partial charge in [-0.15, -0.1) is 0 Å². The fraction of sp³-hybridized carbons (Fsp3) is 0.562. The summed E-state index contributed by atoms with van der Waals surface area (Å²) >= 11 is 0. The van der Waals surface area contributed by atoms with Gasteiger partial charge in [-0.2, -0.15) is 0 Å². The standard InChI is InChI=1S/C16H24N2O/c1-16(2,3)13-6-4-12(5-7-13)10-18-15(19)11-17-14-8-9-14/h4-7,14,17H,8-11H2,1-3H3,(H,18,19). The van der Waals surface area contributed by atoms with Crippen LogP contribution in [0.4, 0.5) is 0 Å². The van der Waals surface area contributed by atoms with E-state index in [0.717, 1.165) is 5.56 Å². The van der Waals surface area contributed by atoms with Gasteiger partial charge in [0.05, 0.1) is 6.54 Å². The maximum Gasteiger partial charge on any atom is 0.234 e. The summed E-state index contributed by atoms with van der Waals surface area (Å²) < 4.78 is 0. The summed E-state index contributed by atoms with van der Waals surface area (Å²) in [6, 6.07) is 9.05. The number of rotatable bonds is 5. The van der Waals surface area contributed by atoms with Gasteiger partial charge in [0, 0.05) is 12.6 Å². The first-order valence-electron chi connectivity index (χ1n) is 7.04. The lowest BCUT2D eigenvalue weighted by Crippen LogP contribution is -2.34. The topological polar surface area (TPSA) is 41.1 Å². The van der Waals surface area contributed by atoms with Gasteiger partial charge in [0.25, 0.3) is 0 Å². The van der Waals surface area contributed by atoms with E-state index < -0.39 is 0 Å². The van der Waals surface area contributed by atoms with Crippen molar-refractivity contribution in [3.8, 4) is 0 Å². The molecule has 1 aliphatic carbocycles. The number of hydrogen-bond donors (Lipinski definition) is 2. The van der Waals surface area contributed by atoms with Crippen LogP contribution in [-0.2, 0) is 16.8 Å². The predicted octanol–water partition coefficient (Wildman–Crippen LogP) is 2.35. The number of hydrogen-bond acceptors (Lipinski definition) is 2. The summed E-state index contributed by atoms with van der Waals surface area (Å²) in [5.41, 5.74) is 2.64. The highest BCUT2D eigenvalue weighted by Gasteiger charge is 2.21. The molecule has 0 radical (unpaired) electrons. The van der Waals surface area contributed by atoms with Gasteiger partial charge < -0.3 is 10.6 Å². The summed E-state index contributed by atoms with van der Waals surface area (Å²) in [6.45, 7) is 7.65. The van der Waals surface area contributed by atoms with Gasteiger partial charge in [-0.1, -0.05) is 45.0 Å². The zero-order valence-electron chi connectivity index (χ0n) is 12.1. The fourth-order valence-corrected chi connectivity index (χ4v) is 1.91. The zero-order chi connectivity index (χ0) is 13.9. The minimum Gasteiger partial charge on any atom is -0.351 e. The molecule has 0 aliphatic heterocycles. The number of nitrogens with one attached hydrogen (secondary N) is 2. The average molecular weight is 260 g/mol. The van der Waals surface area contributed by atoms with Crippen molar-refractivity contribution in [1.29, 1.82) is 0 Å². The van der Waals surface area contributed by atoms with Crippen LogP contribution >= 0.6 is 0 Å². The van der Waals surface area contributed by atoms with Gasteiger partial charge in [0.1, 0.15) is 0 Å². The van der Waals surface area contributed by atoms with E-state index in [2.05, 4.69) is 55.7 Å². The van der Waals surface area contributed by atoms with Crippen LogP contribution in [0, 0.1) is 0 Å². The highest BCUT2D eigenvalue weighted by molar-refractivity contribution is 5.78. The summed E-state index contributed by atoms with van der Waals surface area (Å²) in [7, 11) is 0. The zero-order valence-corrected chi connectivity index (χ0v) is 12.1. The quantitative estimate of drug-likeness (QED) is 0.853. The first-order chi connectivity index (χ1) is 8.95. The molecular weight excluding hydrogens is 236 g/mol. The molecule has 2 N–H and O–H groups in total. The lowest BCUT2D eigenvalue weighted by Gasteiger charge is -2.19. The normalized spacial score (nSPS) is 15.3. The average Bonchev–Trinajstić information content (AvgIpc) is 3.17. The Bertz CT molecular complexity index is 427. The van der Waals surface area contributed by atoms with Gasteiger partial charge in [-0.05, 0) is 29.4 Å². The van der Waals surface area contributed by atoms with E-state index in [4.69, 9.17) is 0 Å². The fourth-order valence-electron chi connectivity index (χ4n) is 1.91.